The Bertz CT molecular complexity index is 787. The van der Waals surface area contributed by atoms with Gasteiger partial charge in [0.15, 0.2) is 0 Å². The van der Waals surface area contributed by atoms with E-state index in [0.29, 0.717) is 26.1 Å². The normalized spacial score (nSPS) is 11.0. The maximum atomic E-state index is 13.0. The van der Waals surface area contributed by atoms with Crippen LogP contribution in [0.25, 0.3) is 0 Å². The van der Waals surface area contributed by atoms with E-state index in [9.17, 15) is 9.59 Å². The van der Waals surface area contributed by atoms with E-state index < -0.39 is 5.41 Å². The Morgan fingerprint density at radius 3 is 2.36 bits per heavy atom. The average molecular weight is 383 g/mol. The van der Waals surface area contributed by atoms with Gasteiger partial charge in [-0.1, -0.05) is 42.5 Å². The highest BCUT2D eigenvalue weighted by atomic mass is 16.5. The highest BCUT2D eigenvalue weighted by Gasteiger charge is 2.38. The number of methoxy groups -OCH3 is 1. The van der Waals surface area contributed by atoms with Crippen LogP contribution in [-0.2, 0) is 22.6 Å². The summed E-state index contributed by atoms with van der Waals surface area (Å²) in [6, 6.07) is 17.6. The lowest BCUT2D eigenvalue weighted by atomic mass is 9.90. The van der Waals surface area contributed by atoms with Gasteiger partial charge < -0.3 is 15.0 Å². The Hall–Kier alpha value is -2.82. The molecule has 2 amide bonds. The molecule has 0 radical (unpaired) electrons. The fraction of sp³-hybridized carbons (Fsp3) is 0.391. The first-order valence-corrected chi connectivity index (χ1v) is 9.63. The van der Waals surface area contributed by atoms with Crippen LogP contribution in [0.2, 0.25) is 0 Å². The first-order chi connectivity index (χ1) is 13.4. The van der Waals surface area contributed by atoms with Crippen molar-refractivity contribution in [3.05, 3.63) is 65.7 Å². The zero-order valence-corrected chi connectivity index (χ0v) is 17.2. The van der Waals surface area contributed by atoms with Crippen molar-refractivity contribution >= 4 is 11.8 Å². The van der Waals surface area contributed by atoms with Gasteiger partial charge in [-0.25, -0.2) is 0 Å². The quantitative estimate of drug-likeness (QED) is 0.676. The van der Waals surface area contributed by atoms with Crippen LogP contribution < -0.4 is 10.1 Å². The van der Waals surface area contributed by atoms with Crippen LogP contribution in [-0.4, -0.2) is 36.9 Å². The van der Waals surface area contributed by atoms with Crippen molar-refractivity contribution < 1.29 is 14.3 Å². The molecule has 0 heterocycles. The number of hydrogen-bond donors (Lipinski definition) is 1. The van der Waals surface area contributed by atoms with Crippen LogP contribution in [0.3, 0.4) is 0 Å². The number of hydrogen-bond acceptors (Lipinski definition) is 3. The summed E-state index contributed by atoms with van der Waals surface area (Å²) in [6.07, 6.45) is 0.675. The van der Waals surface area contributed by atoms with Crippen LogP contribution in [0.1, 0.15) is 31.9 Å². The standard InChI is InChI=1S/C23H30N2O3/c1-5-25(17-19-10-7-6-8-11-19)22(27)23(2,3)21(26)24-15-14-18-12-9-13-20(16-18)28-4/h6-13,16H,5,14-15,17H2,1-4H3,(H,24,26). The Labute approximate surface area is 167 Å². The summed E-state index contributed by atoms with van der Waals surface area (Å²) in [5.41, 5.74) is 0.995. The lowest BCUT2D eigenvalue weighted by molar-refractivity contribution is -0.148. The van der Waals surface area contributed by atoms with Crippen molar-refractivity contribution in [3.63, 3.8) is 0 Å². The van der Waals surface area contributed by atoms with E-state index in [4.69, 9.17) is 4.74 Å². The number of ether oxygens (including phenoxy) is 1. The Morgan fingerprint density at radius 2 is 1.71 bits per heavy atom. The molecule has 5 nitrogen and oxygen atoms in total. The highest BCUT2D eigenvalue weighted by Crippen LogP contribution is 2.21. The van der Waals surface area contributed by atoms with Gasteiger partial charge in [0, 0.05) is 19.6 Å². The second-order valence-electron chi connectivity index (χ2n) is 7.29. The zero-order chi connectivity index (χ0) is 20.6. The summed E-state index contributed by atoms with van der Waals surface area (Å²) in [5, 5.41) is 2.91. The van der Waals surface area contributed by atoms with Gasteiger partial charge in [-0.05, 0) is 50.5 Å². The van der Waals surface area contributed by atoms with Crippen LogP contribution in [0.4, 0.5) is 0 Å². The summed E-state index contributed by atoms with van der Waals surface area (Å²) in [5.74, 6) is 0.364. The lowest BCUT2D eigenvalue weighted by Crippen LogP contribution is -2.49. The van der Waals surface area contributed by atoms with Crippen molar-refractivity contribution in [2.75, 3.05) is 20.2 Å². The van der Waals surface area contributed by atoms with E-state index in [0.717, 1.165) is 16.9 Å². The summed E-state index contributed by atoms with van der Waals surface area (Å²) >= 11 is 0. The molecule has 0 aliphatic rings. The smallest absolute Gasteiger partial charge is 0.237 e. The zero-order valence-electron chi connectivity index (χ0n) is 17.2. The van der Waals surface area contributed by atoms with Crippen LogP contribution >= 0.6 is 0 Å². The van der Waals surface area contributed by atoms with E-state index in [2.05, 4.69) is 5.32 Å². The van der Waals surface area contributed by atoms with Gasteiger partial charge in [0.1, 0.15) is 11.2 Å². The first-order valence-electron chi connectivity index (χ1n) is 9.63. The second-order valence-corrected chi connectivity index (χ2v) is 7.29. The molecule has 0 aromatic heterocycles. The SMILES string of the molecule is CCN(Cc1ccccc1)C(=O)C(C)(C)C(=O)NCCc1cccc(OC)c1. The van der Waals surface area contributed by atoms with Crippen molar-refractivity contribution in [1.29, 1.82) is 0 Å². The third-order valence-corrected chi connectivity index (χ3v) is 4.82. The molecule has 2 aromatic carbocycles. The number of rotatable bonds is 9. The fourth-order valence-corrected chi connectivity index (χ4v) is 2.99. The third-order valence-electron chi connectivity index (χ3n) is 4.82. The van der Waals surface area contributed by atoms with E-state index >= 15 is 0 Å². The Balaban J connectivity index is 1.94. The number of nitrogens with zero attached hydrogens (tertiary/aromatic N) is 1. The van der Waals surface area contributed by atoms with Gasteiger partial charge in [0.25, 0.3) is 0 Å². The predicted octanol–water partition coefficient (Wildman–Crippen LogP) is 3.43. The summed E-state index contributed by atoms with van der Waals surface area (Å²) in [4.78, 5) is 27.4. The first kappa shape index (κ1) is 21.5. The monoisotopic (exact) mass is 382 g/mol. The molecule has 2 rings (SSSR count). The molecule has 1 N–H and O–H groups in total. The number of nitrogens with one attached hydrogen (secondary N) is 1. The summed E-state index contributed by atoms with van der Waals surface area (Å²) in [7, 11) is 1.63. The molecular formula is C23H30N2O3. The van der Waals surface area contributed by atoms with Crippen LogP contribution in [0, 0.1) is 5.41 Å². The van der Waals surface area contributed by atoms with Crippen LogP contribution in [0.5, 0.6) is 5.75 Å². The molecule has 0 spiro atoms. The number of carbonyl (C=O) groups excluding carboxylic acids is 2. The molecule has 2 aromatic rings. The average Bonchev–Trinajstić information content (AvgIpc) is 2.72. The fourth-order valence-electron chi connectivity index (χ4n) is 2.99. The molecule has 0 aliphatic heterocycles. The molecule has 0 atom stereocenters. The van der Waals surface area contributed by atoms with Crippen molar-refractivity contribution in [1.82, 2.24) is 10.2 Å². The molecular weight excluding hydrogens is 352 g/mol. The predicted molar refractivity (Wildman–Crippen MR) is 111 cm³/mol. The topological polar surface area (TPSA) is 58.6 Å². The van der Waals surface area contributed by atoms with E-state index in [1.54, 1.807) is 25.9 Å². The number of carbonyl (C=O) groups is 2. The van der Waals surface area contributed by atoms with E-state index in [1.165, 1.54) is 0 Å². The third kappa shape index (κ3) is 5.59. The second kappa shape index (κ2) is 9.93. The molecule has 150 valence electrons. The van der Waals surface area contributed by atoms with Gasteiger partial charge in [0.2, 0.25) is 11.8 Å². The molecule has 0 saturated heterocycles. The molecule has 28 heavy (non-hydrogen) atoms. The number of amides is 2. The minimum absolute atomic E-state index is 0.169. The van der Waals surface area contributed by atoms with Gasteiger partial charge in [0.05, 0.1) is 7.11 Å². The molecule has 5 heteroatoms. The van der Waals surface area contributed by atoms with E-state index in [-0.39, 0.29) is 11.8 Å². The van der Waals surface area contributed by atoms with Crippen LogP contribution in [0.15, 0.2) is 54.6 Å². The number of benzene rings is 2. The van der Waals surface area contributed by atoms with Crippen molar-refractivity contribution in [2.45, 2.75) is 33.7 Å². The van der Waals surface area contributed by atoms with Gasteiger partial charge >= 0.3 is 0 Å². The summed E-state index contributed by atoms with van der Waals surface area (Å²) in [6.45, 7) is 6.81. The Morgan fingerprint density at radius 1 is 1.04 bits per heavy atom. The minimum Gasteiger partial charge on any atom is -0.497 e. The Kier molecular flexibility index (Phi) is 7.61. The van der Waals surface area contributed by atoms with Gasteiger partial charge in [-0.3, -0.25) is 9.59 Å². The molecule has 0 aliphatic carbocycles. The molecule has 0 bridgehead atoms. The molecule has 0 unspecified atom stereocenters. The molecule has 0 saturated carbocycles. The maximum absolute atomic E-state index is 13.0. The van der Waals surface area contributed by atoms with Gasteiger partial charge in [-0.2, -0.15) is 0 Å². The highest BCUT2D eigenvalue weighted by molar-refractivity contribution is 6.04. The largest absolute Gasteiger partial charge is 0.497 e. The lowest BCUT2D eigenvalue weighted by Gasteiger charge is -2.30. The van der Waals surface area contributed by atoms with Crippen molar-refractivity contribution in [3.8, 4) is 5.75 Å². The molecule has 0 fully saturated rings. The van der Waals surface area contributed by atoms with Gasteiger partial charge in [-0.15, -0.1) is 0 Å². The van der Waals surface area contributed by atoms with Crippen molar-refractivity contribution in [2.24, 2.45) is 5.41 Å². The summed E-state index contributed by atoms with van der Waals surface area (Å²) < 4.78 is 5.22. The van der Waals surface area contributed by atoms with E-state index in [1.807, 2.05) is 61.5 Å². The minimum atomic E-state index is -1.13. The maximum Gasteiger partial charge on any atom is 0.237 e.